The van der Waals surface area contributed by atoms with Gasteiger partial charge in [0.2, 0.25) is 0 Å². The van der Waals surface area contributed by atoms with Crippen LogP contribution in [0.1, 0.15) is 13.3 Å². The Morgan fingerprint density at radius 3 is 2.78 bits per heavy atom. The molecule has 0 aliphatic carbocycles. The lowest BCUT2D eigenvalue weighted by Gasteiger charge is -1.92. The summed E-state index contributed by atoms with van der Waals surface area (Å²) in [5.41, 5.74) is 0.697. The smallest absolute Gasteiger partial charge is 0.159 e. The first-order valence-electron chi connectivity index (χ1n) is 3.00. The number of carbonyl (C=O) groups excluding carboxylic acids is 1. The van der Waals surface area contributed by atoms with Crippen molar-refractivity contribution >= 4 is 17.5 Å². The van der Waals surface area contributed by atoms with E-state index in [-0.39, 0.29) is 5.78 Å². The fraction of sp³-hybridized carbons (Fsp3) is 0.571. The molecule has 0 aromatic heterocycles. The number of carbonyl (C=O) groups is 1. The molecule has 1 nitrogen and oxygen atoms in total. The Bertz CT molecular complexity index is 147. The first-order chi connectivity index (χ1) is 4.20. The molecule has 0 aromatic carbocycles. The maximum atomic E-state index is 10.9. The third kappa shape index (κ3) is 2.22. The zero-order chi connectivity index (χ0) is 6.85. The maximum Gasteiger partial charge on any atom is 0.159 e. The highest BCUT2D eigenvalue weighted by atomic mass is 32.2. The quantitative estimate of drug-likeness (QED) is 0.440. The van der Waals surface area contributed by atoms with Crippen LogP contribution < -0.4 is 0 Å². The maximum absolute atomic E-state index is 10.9. The van der Waals surface area contributed by atoms with Crippen molar-refractivity contribution in [2.24, 2.45) is 0 Å². The molecule has 0 N–H and O–H groups in total. The van der Waals surface area contributed by atoms with Crippen LogP contribution in [0.3, 0.4) is 0 Å². The van der Waals surface area contributed by atoms with Crippen LogP contribution in [0, 0.1) is 0 Å². The van der Waals surface area contributed by atoms with Crippen molar-refractivity contribution in [3.63, 3.8) is 0 Å². The second kappa shape index (κ2) is 2.56. The predicted octanol–water partition coefficient (Wildman–Crippen LogP) is 1.64. The van der Waals surface area contributed by atoms with Crippen LogP contribution >= 0.6 is 11.8 Å². The van der Waals surface area contributed by atoms with Gasteiger partial charge in [0.05, 0.1) is 0 Å². The van der Waals surface area contributed by atoms with Crippen molar-refractivity contribution in [2.75, 3.05) is 5.75 Å². The minimum atomic E-state index is 0.227. The van der Waals surface area contributed by atoms with E-state index in [1.807, 2.05) is 11.8 Å². The largest absolute Gasteiger partial charge is 0.295 e. The van der Waals surface area contributed by atoms with Crippen molar-refractivity contribution in [1.29, 1.82) is 0 Å². The van der Waals surface area contributed by atoms with Gasteiger partial charge in [0, 0.05) is 17.4 Å². The van der Waals surface area contributed by atoms with Crippen LogP contribution in [-0.2, 0) is 4.79 Å². The lowest BCUT2D eigenvalue weighted by Crippen LogP contribution is -2.01. The van der Waals surface area contributed by atoms with Crippen molar-refractivity contribution in [2.45, 2.75) is 18.6 Å². The molecule has 1 fully saturated rings. The molecular weight excluding hydrogens is 132 g/mol. The van der Waals surface area contributed by atoms with Gasteiger partial charge < -0.3 is 0 Å². The van der Waals surface area contributed by atoms with Gasteiger partial charge in [0.1, 0.15) is 0 Å². The molecule has 0 bridgehead atoms. The minimum Gasteiger partial charge on any atom is -0.295 e. The highest BCUT2D eigenvalue weighted by molar-refractivity contribution is 8.06. The third-order valence-electron chi connectivity index (χ3n) is 1.29. The molecule has 2 heteroatoms. The summed E-state index contributed by atoms with van der Waals surface area (Å²) in [7, 11) is 0. The van der Waals surface area contributed by atoms with E-state index in [4.69, 9.17) is 0 Å². The monoisotopic (exact) mass is 142 g/mol. The minimum absolute atomic E-state index is 0.227. The van der Waals surface area contributed by atoms with Gasteiger partial charge in [-0.3, -0.25) is 4.79 Å². The summed E-state index contributed by atoms with van der Waals surface area (Å²) in [6.07, 6.45) is 0.708. The lowest BCUT2D eigenvalue weighted by atomic mass is 10.1. The van der Waals surface area contributed by atoms with Crippen LogP contribution in [0.25, 0.3) is 0 Å². The number of hydrogen-bond acceptors (Lipinski definition) is 2. The number of Topliss-reactive ketones (excluding diaryl/α,β-unsaturated/α-hetero) is 1. The molecule has 50 valence electrons. The topological polar surface area (TPSA) is 17.1 Å². The Kier molecular flexibility index (Phi) is 1.96. The van der Waals surface area contributed by atoms with Crippen LogP contribution in [-0.4, -0.2) is 16.8 Å². The average molecular weight is 142 g/mol. The normalized spacial score (nSPS) is 23.4. The van der Waals surface area contributed by atoms with Gasteiger partial charge in [-0.05, 0) is 12.5 Å². The van der Waals surface area contributed by atoms with E-state index in [1.54, 1.807) is 6.92 Å². The summed E-state index contributed by atoms with van der Waals surface area (Å²) in [5.74, 6) is 1.39. The van der Waals surface area contributed by atoms with E-state index in [9.17, 15) is 4.79 Å². The number of hydrogen-bond donors (Lipinski definition) is 0. The second-order valence-electron chi connectivity index (χ2n) is 2.36. The molecule has 0 spiro atoms. The fourth-order valence-corrected chi connectivity index (χ4v) is 1.09. The summed E-state index contributed by atoms with van der Waals surface area (Å²) in [4.78, 5) is 10.9. The van der Waals surface area contributed by atoms with Gasteiger partial charge in [0.15, 0.2) is 5.78 Å². The Labute approximate surface area is 59.5 Å². The molecule has 0 radical (unpaired) electrons. The number of ketones is 1. The Hall–Kier alpha value is -0.240. The molecule has 0 amide bonds. The van der Waals surface area contributed by atoms with E-state index in [0.717, 1.165) is 0 Å². The van der Waals surface area contributed by atoms with E-state index < -0.39 is 0 Å². The molecular formula is C7H10OS. The van der Waals surface area contributed by atoms with Crippen LogP contribution in [0.4, 0.5) is 0 Å². The second-order valence-corrected chi connectivity index (χ2v) is 3.70. The lowest BCUT2D eigenvalue weighted by molar-refractivity contribution is -0.115. The van der Waals surface area contributed by atoms with E-state index in [2.05, 4.69) is 6.58 Å². The summed E-state index contributed by atoms with van der Waals surface area (Å²) < 4.78 is 0. The number of allylic oxidation sites excluding steroid dienone is 1. The SMILES string of the molecule is C=C(C)C(=O)CC1CS1. The van der Waals surface area contributed by atoms with Crippen LogP contribution in [0.5, 0.6) is 0 Å². The summed E-state index contributed by atoms with van der Waals surface area (Å²) in [6.45, 7) is 5.35. The Morgan fingerprint density at radius 1 is 1.89 bits per heavy atom. The zero-order valence-corrected chi connectivity index (χ0v) is 6.33. The first kappa shape index (κ1) is 6.87. The molecule has 1 saturated heterocycles. The molecule has 1 rings (SSSR count). The Balaban J connectivity index is 2.25. The fourth-order valence-electron chi connectivity index (χ4n) is 0.567. The van der Waals surface area contributed by atoms with Gasteiger partial charge in [-0.2, -0.15) is 11.8 Å². The number of thioether (sulfide) groups is 1. The highest BCUT2D eigenvalue weighted by Gasteiger charge is 2.25. The molecule has 1 heterocycles. The summed E-state index contributed by atoms with van der Waals surface area (Å²) in [6, 6.07) is 0. The Morgan fingerprint density at radius 2 is 2.44 bits per heavy atom. The van der Waals surface area contributed by atoms with Crippen molar-refractivity contribution < 1.29 is 4.79 Å². The molecule has 9 heavy (non-hydrogen) atoms. The first-order valence-corrected chi connectivity index (χ1v) is 4.05. The van der Waals surface area contributed by atoms with Crippen molar-refractivity contribution in [3.8, 4) is 0 Å². The zero-order valence-electron chi connectivity index (χ0n) is 5.52. The van der Waals surface area contributed by atoms with Gasteiger partial charge in [-0.15, -0.1) is 0 Å². The standard InChI is InChI=1S/C7H10OS/c1-5(2)7(8)3-6-4-9-6/h6H,1,3-4H2,2H3. The summed E-state index contributed by atoms with van der Waals surface area (Å²) in [5, 5.41) is 0.620. The van der Waals surface area contributed by atoms with Crippen molar-refractivity contribution in [1.82, 2.24) is 0 Å². The van der Waals surface area contributed by atoms with E-state index in [1.165, 1.54) is 5.75 Å². The van der Waals surface area contributed by atoms with Crippen molar-refractivity contribution in [3.05, 3.63) is 12.2 Å². The molecule has 0 saturated carbocycles. The van der Waals surface area contributed by atoms with E-state index >= 15 is 0 Å². The molecule has 1 aliphatic heterocycles. The van der Waals surface area contributed by atoms with Gasteiger partial charge in [0.25, 0.3) is 0 Å². The van der Waals surface area contributed by atoms with Gasteiger partial charge in [-0.1, -0.05) is 6.58 Å². The average Bonchev–Trinajstić information content (AvgIpc) is 2.50. The van der Waals surface area contributed by atoms with Gasteiger partial charge >= 0.3 is 0 Å². The van der Waals surface area contributed by atoms with Crippen LogP contribution in [0.15, 0.2) is 12.2 Å². The molecule has 1 aliphatic rings. The highest BCUT2D eigenvalue weighted by Crippen LogP contribution is 2.33. The van der Waals surface area contributed by atoms with Gasteiger partial charge in [-0.25, -0.2) is 0 Å². The molecule has 0 aromatic rings. The molecule has 1 unspecified atom stereocenters. The third-order valence-corrected chi connectivity index (χ3v) is 2.26. The predicted molar refractivity (Wildman–Crippen MR) is 40.7 cm³/mol. The number of rotatable bonds is 3. The summed E-state index contributed by atoms with van der Waals surface area (Å²) >= 11 is 1.85. The molecule has 1 atom stereocenters. The van der Waals surface area contributed by atoms with E-state index in [0.29, 0.717) is 17.2 Å². The van der Waals surface area contributed by atoms with Crippen LogP contribution in [0.2, 0.25) is 0 Å².